The average molecular weight is 552 g/mol. The minimum atomic E-state index is -1.28. The van der Waals surface area contributed by atoms with E-state index in [0.717, 1.165) is 24.1 Å². The van der Waals surface area contributed by atoms with Crippen molar-refractivity contribution in [3.8, 4) is 0 Å². The molecular formula is C28H37N7O5. The predicted molar refractivity (Wildman–Crippen MR) is 149 cm³/mol. The van der Waals surface area contributed by atoms with Crippen LogP contribution in [-0.2, 0) is 17.6 Å². The Morgan fingerprint density at radius 1 is 1.00 bits per heavy atom. The second-order valence-corrected chi connectivity index (χ2v) is 10.1. The van der Waals surface area contributed by atoms with Crippen LogP contribution >= 0.6 is 0 Å². The summed E-state index contributed by atoms with van der Waals surface area (Å²) in [7, 11) is 0. The Morgan fingerprint density at radius 2 is 1.77 bits per heavy atom. The quantitative estimate of drug-likeness (QED) is 0.176. The van der Waals surface area contributed by atoms with Crippen LogP contribution in [0.15, 0.2) is 47.2 Å². The zero-order chi connectivity index (χ0) is 28.2. The lowest BCUT2D eigenvalue weighted by molar-refractivity contribution is -0.0434. The van der Waals surface area contributed by atoms with Crippen LogP contribution < -0.4 is 10.6 Å². The van der Waals surface area contributed by atoms with Crippen LogP contribution in [0.3, 0.4) is 0 Å². The maximum Gasteiger partial charge on any atom is 0.227 e. The number of ether oxygens (including phenoxy) is 1. The number of anilines is 2. The summed E-state index contributed by atoms with van der Waals surface area (Å²) in [6, 6.07) is 11.4. The van der Waals surface area contributed by atoms with Crippen molar-refractivity contribution >= 4 is 22.9 Å². The van der Waals surface area contributed by atoms with Gasteiger partial charge in [0.05, 0.1) is 24.7 Å². The lowest BCUT2D eigenvalue weighted by Gasteiger charge is -2.20. The number of nitrogens with one attached hydrogen (secondary N) is 2. The second kappa shape index (κ2) is 12.3. The van der Waals surface area contributed by atoms with E-state index in [2.05, 4.69) is 34.6 Å². The maximum absolute atomic E-state index is 11.0. The van der Waals surface area contributed by atoms with Gasteiger partial charge in [0.15, 0.2) is 29.0 Å². The van der Waals surface area contributed by atoms with E-state index in [4.69, 9.17) is 19.2 Å². The van der Waals surface area contributed by atoms with Crippen molar-refractivity contribution in [1.29, 1.82) is 0 Å². The van der Waals surface area contributed by atoms with Crippen LogP contribution in [0, 0.1) is 0 Å². The minimum absolute atomic E-state index is 0.125. The van der Waals surface area contributed by atoms with E-state index in [9.17, 15) is 15.3 Å². The Balaban J connectivity index is 1.49. The molecule has 1 aromatic carbocycles. The molecule has 12 heteroatoms. The Morgan fingerprint density at radius 3 is 2.45 bits per heavy atom. The van der Waals surface area contributed by atoms with Crippen LogP contribution in [0.1, 0.15) is 63.0 Å². The molecule has 0 aliphatic carbocycles. The molecule has 5 atom stereocenters. The second-order valence-electron chi connectivity index (χ2n) is 10.1. The van der Waals surface area contributed by atoms with Crippen molar-refractivity contribution in [1.82, 2.24) is 24.7 Å². The molecule has 12 nitrogen and oxygen atoms in total. The fraction of sp³-hybridized carbons (Fsp3) is 0.500. The van der Waals surface area contributed by atoms with Gasteiger partial charge in [-0.25, -0.2) is 4.98 Å². The SMILES string of the molecule is CCc1cc([C@H]2O[C@@H](n3cnc4c(NC(CC)CC)nc(N[C@H](CO)Cc5ccccc5)nc43)[C@H](O)[C@@H]2O)on1. The van der Waals surface area contributed by atoms with Crippen molar-refractivity contribution in [2.24, 2.45) is 0 Å². The number of hydrogen-bond donors (Lipinski definition) is 5. The summed E-state index contributed by atoms with van der Waals surface area (Å²) in [5.74, 6) is 1.17. The van der Waals surface area contributed by atoms with Gasteiger partial charge in [-0.1, -0.05) is 56.3 Å². The largest absolute Gasteiger partial charge is 0.394 e. The molecule has 0 bridgehead atoms. The zero-order valence-electron chi connectivity index (χ0n) is 22.9. The van der Waals surface area contributed by atoms with Crippen LogP contribution in [-0.4, -0.2) is 70.9 Å². The highest BCUT2D eigenvalue weighted by molar-refractivity contribution is 5.84. The van der Waals surface area contributed by atoms with Gasteiger partial charge >= 0.3 is 0 Å². The molecule has 0 unspecified atom stereocenters. The highest BCUT2D eigenvalue weighted by atomic mass is 16.6. The average Bonchev–Trinajstić information content (AvgIpc) is 3.70. The molecule has 0 saturated carbocycles. The first kappa shape index (κ1) is 28.0. The highest BCUT2D eigenvalue weighted by Gasteiger charge is 2.47. The van der Waals surface area contributed by atoms with Gasteiger partial charge in [-0.05, 0) is 31.2 Å². The summed E-state index contributed by atoms with van der Waals surface area (Å²) in [5.41, 5.74) is 2.71. The number of fused-ring (bicyclic) bond motifs is 1. The van der Waals surface area contributed by atoms with Crippen LogP contribution in [0.5, 0.6) is 0 Å². The number of aryl methyl sites for hydroxylation is 1. The van der Waals surface area contributed by atoms with E-state index in [1.165, 1.54) is 6.33 Å². The molecule has 5 rings (SSSR count). The number of aliphatic hydroxyl groups is 3. The molecule has 0 radical (unpaired) electrons. The Kier molecular flexibility index (Phi) is 8.60. The monoisotopic (exact) mass is 551 g/mol. The number of hydrogen-bond acceptors (Lipinski definition) is 11. The molecule has 214 valence electrons. The Hall–Kier alpha value is -3.58. The van der Waals surface area contributed by atoms with Gasteiger partial charge in [0, 0.05) is 12.1 Å². The van der Waals surface area contributed by atoms with Crippen molar-refractivity contribution in [2.45, 2.75) is 83.1 Å². The van der Waals surface area contributed by atoms with Crippen molar-refractivity contribution in [2.75, 3.05) is 17.2 Å². The first-order chi connectivity index (χ1) is 19.4. The van der Waals surface area contributed by atoms with E-state index < -0.39 is 24.5 Å². The third-order valence-corrected chi connectivity index (χ3v) is 7.36. The molecule has 0 spiro atoms. The zero-order valence-corrected chi connectivity index (χ0v) is 22.9. The highest BCUT2D eigenvalue weighted by Crippen LogP contribution is 2.40. The molecule has 5 N–H and O–H groups in total. The van der Waals surface area contributed by atoms with Crippen LogP contribution in [0.4, 0.5) is 11.8 Å². The molecule has 1 fully saturated rings. The topological polar surface area (TPSA) is 164 Å². The summed E-state index contributed by atoms with van der Waals surface area (Å²) in [6.45, 7) is 6.01. The van der Waals surface area contributed by atoms with Crippen molar-refractivity contribution in [3.63, 3.8) is 0 Å². The number of aromatic nitrogens is 5. The molecule has 0 amide bonds. The molecule has 4 aromatic rings. The summed E-state index contributed by atoms with van der Waals surface area (Å²) in [4.78, 5) is 14.0. The summed E-state index contributed by atoms with van der Waals surface area (Å²) in [5, 5.41) is 42.7. The van der Waals surface area contributed by atoms with Gasteiger partial charge in [-0.15, -0.1) is 0 Å². The maximum atomic E-state index is 11.0. The number of nitrogens with zero attached hydrogens (tertiary/aromatic N) is 5. The van der Waals surface area contributed by atoms with Gasteiger partial charge in [0.1, 0.15) is 18.3 Å². The van der Waals surface area contributed by atoms with E-state index >= 15 is 0 Å². The normalized spacial score (nSPS) is 21.8. The van der Waals surface area contributed by atoms with Crippen molar-refractivity contribution in [3.05, 3.63) is 59.7 Å². The van der Waals surface area contributed by atoms with E-state index in [0.29, 0.717) is 41.5 Å². The summed E-state index contributed by atoms with van der Waals surface area (Å²) in [6.07, 6.45) is 0.121. The lowest BCUT2D eigenvalue weighted by atomic mass is 10.1. The van der Waals surface area contributed by atoms with Gasteiger partial charge in [-0.2, -0.15) is 9.97 Å². The lowest BCUT2D eigenvalue weighted by Crippen LogP contribution is -2.29. The van der Waals surface area contributed by atoms with E-state index in [1.54, 1.807) is 10.6 Å². The van der Waals surface area contributed by atoms with Gasteiger partial charge in [0.2, 0.25) is 5.95 Å². The van der Waals surface area contributed by atoms with Gasteiger partial charge in [0.25, 0.3) is 0 Å². The van der Waals surface area contributed by atoms with Crippen LogP contribution in [0.2, 0.25) is 0 Å². The molecular weight excluding hydrogens is 514 g/mol. The fourth-order valence-electron chi connectivity index (χ4n) is 4.95. The fourth-order valence-corrected chi connectivity index (χ4v) is 4.95. The summed E-state index contributed by atoms with van der Waals surface area (Å²) >= 11 is 0. The van der Waals surface area contributed by atoms with E-state index in [1.807, 2.05) is 37.3 Å². The molecule has 3 aromatic heterocycles. The summed E-state index contributed by atoms with van der Waals surface area (Å²) < 4.78 is 13.1. The van der Waals surface area contributed by atoms with E-state index in [-0.39, 0.29) is 18.7 Å². The molecule has 1 aliphatic rings. The molecule has 1 saturated heterocycles. The smallest absolute Gasteiger partial charge is 0.227 e. The third kappa shape index (κ3) is 5.66. The molecule has 40 heavy (non-hydrogen) atoms. The number of rotatable bonds is 12. The Labute approximate surface area is 232 Å². The van der Waals surface area contributed by atoms with Gasteiger partial charge < -0.3 is 35.2 Å². The number of imidazole rings is 1. The standard InChI is InChI=1S/C28H37N7O5/c1-4-17(5-2)30-25-21-26(33-28(32-25)31-19(14-36)12-16-10-8-7-9-11-16)35(15-29-21)27-23(38)22(37)24(39-27)20-13-18(6-3)34-40-20/h7-11,13,15,17,19,22-24,27,36-38H,4-6,12,14H2,1-3H3,(H2,30,31,32,33)/t19-,22-,23+,24+,27+/m0/s1. The first-order valence-corrected chi connectivity index (χ1v) is 13.8. The molecule has 4 heterocycles. The number of benzene rings is 1. The van der Waals surface area contributed by atoms with Crippen LogP contribution in [0.25, 0.3) is 11.2 Å². The first-order valence-electron chi connectivity index (χ1n) is 13.8. The Bertz CT molecular complexity index is 1390. The predicted octanol–water partition coefficient (Wildman–Crippen LogP) is 2.98. The van der Waals surface area contributed by atoms with Crippen molar-refractivity contribution < 1.29 is 24.6 Å². The van der Waals surface area contributed by atoms with Gasteiger partial charge in [-0.3, -0.25) is 4.57 Å². The molecule has 1 aliphatic heterocycles. The number of aliphatic hydroxyl groups excluding tert-OH is 3. The minimum Gasteiger partial charge on any atom is -0.394 e. The third-order valence-electron chi connectivity index (χ3n) is 7.36.